The summed E-state index contributed by atoms with van der Waals surface area (Å²) in [5.41, 5.74) is 5.41. The SMILES string of the molecule is Cc1ccc2c(CN3CCN(c4cc(F)cc5c4CN(C4CCC(=O)NC4=O)C5=O)CC3)c[nH]c2c1. The molecule has 36 heavy (non-hydrogen) atoms. The monoisotopic (exact) mass is 489 g/mol. The Hall–Kier alpha value is -3.72. The highest BCUT2D eigenvalue weighted by Gasteiger charge is 2.41. The second kappa shape index (κ2) is 8.74. The van der Waals surface area contributed by atoms with Crippen LogP contribution >= 0.6 is 0 Å². The number of rotatable bonds is 4. The number of anilines is 1. The number of nitrogens with one attached hydrogen (secondary N) is 2. The molecule has 2 aromatic carbocycles. The number of aromatic nitrogens is 1. The number of piperazine rings is 1. The van der Waals surface area contributed by atoms with Crippen LogP contribution in [0.5, 0.6) is 0 Å². The van der Waals surface area contributed by atoms with Gasteiger partial charge in [-0.1, -0.05) is 12.1 Å². The Kier molecular flexibility index (Phi) is 5.52. The van der Waals surface area contributed by atoms with Crippen molar-refractivity contribution in [3.63, 3.8) is 0 Å². The zero-order chi connectivity index (χ0) is 25.0. The lowest BCUT2D eigenvalue weighted by Gasteiger charge is -2.37. The maximum atomic E-state index is 14.6. The van der Waals surface area contributed by atoms with Crippen molar-refractivity contribution in [2.45, 2.75) is 38.9 Å². The molecule has 4 heterocycles. The molecule has 3 aliphatic heterocycles. The molecule has 3 amide bonds. The number of halogens is 1. The summed E-state index contributed by atoms with van der Waals surface area (Å²) in [7, 11) is 0. The van der Waals surface area contributed by atoms with Crippen LogP contribution < -0.4 is 10.2 Å². The summed E-state index contributed by atoms with van der Waals surface area (Å²) in [4.78, 5) is 46.4. The van der Waals surface area contributed by atoms with E-state index in [9.17, 15) is 18.8 Å². The Morgan fingerprint density at radius 3 is 2.64 bits per heavy atom. The fourth-order valence-electron chi connectivity index (χ4n) is 5.71. The minimum absolute atomic E-state index is 0.190. The third-order valence-corrected chi connectivity index (χ3v) is 7.63. The Morgan fingerprint density at radius 1 is 1.06 bits per heavy atom. The van der Waals surface area contributed by atoms with E-state index in [1.807, 2.05) is 0 Å². The molecule has 1 unspecified atom stereocenters. The number of amides is 3. The molecule has 0 bridgehead atoms. The highest BCUT2D eigenvalue weighted by molar-refractivity contribution is 6.06. The molecule has 2 fully saturated rings. The molecule has 186 valence electrons. The van der Waals surface area contributed by atoms with E-state index in [1.165, 1.54) is 33.5 Å². The number of carbonyl (C=O) groups is 3. The second-order valence-electron chi connectivity index (χ2n) is 9.98. The molecule has 2 saturated heterocycles. The Labute approximate surface area is 208 Å². The number of imide groups is 1. The number of carbonyl (C=O) groups excluding carboxylic acids is 3. The van der Waals surface area contributed by atoms with Gasteiger partial charge in [-0.05, 0) is 42.7 Å². The van der Waals surface area contributed by atoms with Crippen LogP contribution in [0.15, 0.2) is 36.5 Å². The molecule has 3 aliphatic rings. The van der Waals surface area contributed by atoms with Gasteiger partial charge in [-0.25, -0.2) is 4.39 Å². The summed E-state index contributed by atoms with van der Waals surface area (Å²) in [6.45, 7) is 6.21. The maximum absolute atomic E-state index is 14.6. The van der Waals surface area contributed by atoms with Gasteiger partial charge in [0.15, 0.2) is 0 Å². The van der Waals surface area contributed by atoms with Crippen molar-refractivity contribution >= 4 is 34.3 Å². The average Bonchev–Trinajstić information content (AvgIpc) is 3.39. The minimum Gasteiger partial charge on any atom is -0.369 e. The molecule has 0 aliphatic carbocycles. The van der Waals surface area contributed by atoms with Gasteiger partial charge in [-0.2, -0.15) is 0 Å². The number of benzene rings is 2. The second-order valence-corrected chi connectivity index (χ2v) is 9.98. The first-order chi connectivity index (χ1) is 17.4. The topological polar surface area (TPSA) is 88.8 Å². The lowest BCUT2D eigenvalue weighted by Crippen LogP contribution is -2.52. The van der Waals surface area contributed by atoms with Crippen molar-refractivity contribution in [3.8, 4) is 0 Å². The highest BCUT2D eigenvalue weighted by atomic mass is 19.1. The molecule has 8 nitrogen and oxygen atoms in total. The fraction of sp³-hybridized carbons (Fsp3) is 0.370. The number of piperidine rings is 1. The lowest BCUT2D eigenvalue weighted by molar-refractivity contribution is -0.136. The van der Waals surface area contributed by atoms with Crippen LogP contribution in [0.2, 0.25) is 0 Å². The smallest absolute Gasteiger partial charge is 0.255 e. The number of H-pyrrole nitrogens is 1. The molecular weight excluding hydrogens is 461 g/mol. The number of aryl methyl sites for hydroxylation is 1. The predicted molar refractivity (Wildman–Crippen MR) is 133 cm³/mol. The van der Waals surface area contributed by atoms with Crippen LogP contribution in [0.25, 0.3) is 10.9 Å². The van der Waals surface area contributed by atoms with Gasteiger partial charge in [0.2, 0.25) is 11.8 Å². The first-order valence-corrected chi connectivity index (χ1v) is 12.4. The molecule has 2 N–H and O–H groups in total. The van der Waals surface area contributed by atoms with E-state index in [1.54, 1.807) is 0 Å². The number of fused-ring (bicyclic) bond motifs is 2. The number of hydrogen-bond acceptors (Lipinski definition) is 5. The minimum atomic E-state index is -0.713. The number of nitrogens with zero attached hydrogens (tertiary/aromatic N) is 3. The number of hydrogen-bond donors (Lipinski definition) is 2. The summed E-state index contributed by atoms with van der Waals surface area (Å²) in [6.07, 6.45) is 2.55. The van der Waals surface area contributed by atoms with E-state index in [0.29, 0.717) is 18.7 Å². The van der Waals surface area contributed by atoms with E-state index in [2.05, 4.69) is 51.4 Å². The molecular formula is C27H28FN5O3. The molecule has 1 aromatic heterocycles. The standard InChI is InChI=1S/C27H28FN5O3/c1-16-2-3-19-17(13-29-22(19)10-16)14-31-6-8-32(9-7-31)24-12-18(28)11-20-21(24)15-33(27(20)36)23-4-5-25(34)30-26(23)35/h2-3,10-13,23,29H,4-9,14-15H2,1H3,(H,30,34,35). The van der Waals surface area contributed by atoms with Gasteiger partial charge in [0.25, 0.3) is 5.91 Å². The van der Waals surface area contributed by atoms with E-state index < -0.39 is 17.8 Å². The third kappa shape index (κ3) is 3.93. The first-order valence-electron chi connectivity index (χ1n) is 12.4. The third-order valence-electron chi connectivity index (χ3n) is 7.63. The zero-order valence-electron chi connectivity index (χ0n) is 20.1. The average molecular weight is 490 g/mol. The molecule has 0 spiro atoms. The van der Waals surface area contributed by atoms with Crippen LogP contribution in [0.4, 0.5) is 10.1 Å². The molecule has 3 aromatic rings. The molecule has 6 rings (SSSR count). The predicted octanol–water partition coefficient (Wildman–Crippen LogP) is 2.70. The molecule has 0 radical (unpaired) electrons. The van der Waals surface area contributed by atoms with Gasteiger partial charge in [0.1, 0.15) is 11.9 Å². The largest absolute Gasteiger partial charge is 0.369 e. The molecule has 9 heteroatoms. The summed E-state index contributed by atoms with van der Waals surface area (Å²) in [5, 5.41) is 3.55. The Balaban J connectivity index is 1.17. The van der Waals surface area contributed by atoms with Crippen LogP contribution in [-0.2, 0) is 22.7 Å². The highest BCUT2D eigenvalue weighted by Crippen LogP contribution is 2.35. The lowest BCUT2D eigenvalue weighted by atomic mass is 10.0. The van der Waals surface area contributed by atoms with Gasteiger partial charge >= 0.3 is 0 Å². The van der Waals surface area contributed by atoms with Crippen LogP contribution in [0.3, 0.4) is 0 Å². The van der Waals surface area contributed by atoms with Crippen molar-refractivity contribution in [2.75, 3.05) is 31.1 Å². The normalized spacial score (nSPS) is 20.8. The van der Waals surface area contributed by atoms with E-state index in [-0.39, 0.29) is 31.2 Å². The van der Waals surface area contributed by atoms with Crippen molar-refractivity contribution in [2.24, 2.45) is 0 Å². The summed E-state index contributed by atoms with van der Waals surface area (Å²) in [6, 6.07) is 8.49. The maximum Gasteiger partial charge on any atom is 0.255 e. The van der Waals surface area contributed by atoms with E-state index >= 15 is 0 Å². The van der Waals surface area contributed by atoms with Gasteiger partial charge in [-0.3, -0.25) is 24.6 Å². The van der Waals surface area contributed by atoms with Crippen LogP contribution in [-0.4, -0.2) is 64.7 Å². The van der Waals surface area contributed by atoms with Gasteiger partial charge in [-0.15, -0.1) is 0 Å². The van der Waals surface area contributed by atoms with Crippen LogP contribution in [0, 0.1) is 12.7 Å². The quantitative estimate of drug-likeness (QED) is 0.551. The summed E-state index contributed by atoms with van der Waals surface area (Å²) >= 11 is 0. The van der Waals surface area contributed by atoms with Crippen LogP contribution in [0.1, 0.15) is 39.9 Å². The Morgan fingerprint density at radius 2 is 1.86 bits per heavy atom. The van der Waals surface area contributed by atoms with Crippen molar-refractivity contribution in [3.05, 3.63) is 64.6 Å². The summed E-state index contributed by atoms with van der Waals surface area (Å²) < 4.78 is 14.6. The summed E-state index contributed by atoms with van der Waals surface area (Å²) in [5.74, 6) is -1.60. The Bertz CT molecular complexity index is 1390. The van der Waals surface area contributed by atoms with Crippen molar-refractivity contribution in [1.82, 2.24) is 20.1 Å². The van der Waals surface area contributed by atoms with E-state index in [4.69, 9.17) is 0 Å². The molecule has 0 saturated carbocycles. The zero-order valence-corrected chi connectivity index (χ0v) is 20.1. The van der Waals surface area contributed by atoms with Crippen molar-refractivity contribution < 1.29 is 18.8 Å². The number of aromatic amines is 1. The van der Waals surface area contributed by atoms with Gasteiger partial charge in [0, 0.05) is 79.6 Å². The van der Waals surface area contributed by atoms with Gasteiger partial charge in [0.05, 0.1) is 0 Å². The van der Waals surface area contributed by atoms with Crippen molar-refractivity contribution in [1.29, 1.82) is 0 Å². The van der Waals surface area contributed by atoms with E-state index in [0.717, 1.165) is 36.4 Å². The first kappa shape index (κ1) is 22.7. The fourth-order valence-corrected chi connectivity index (χ4v) is 5.71. The van der Waals surface area contributed by atoms with Gasteiger partial charge < -0.3 is 14.8 Å². The molecule has 1 atom stereocenters.